The molecule has 1 saturated heterocycles. The molecule has 2 amide bonds. The quantitative estimate of drug-likeness (QED) is 0.723. The Morgan fingerprint density at radius 1 is 1.10 bits per heavy atom. The van der Waals surface area contributed by atoms with Gasteiger partial charge in [0.05, 0.1) is 23.3 Å². The van der Waals surface area contributed by atoms with Gasteiger partial charge in [0, 0.05) is 25.7 Å². The molecule has 2 heterocycles. The van der Waals surface area contributed by atoms with Gasteiger partial charge in [0.15, 0.2) is 0 Å². The third-order valence-corrected chi connectivity index (χ3v) is 5.73. The van der Waals surface area contributed by atoms with Crippen molar-refractivity contribution in [1.29, 1.82) is 0 Å². The highest BCUT2D eigenvalue weighted by Crippen LogP contribution is 2.33. The van der Waals surface area contributed by atoms with Crippen molar-refractivity contribution in [1.82, 2.24) is 9.80 Å². The second-order valence-electron chi connectivity index (χ2n) is 7.99. The van der Waals surface area contributed by atoms with Crippen LogP contribution in [0, 0.1) is 5.92 Å². The predicted molar refractivity (Wildman–Crippen MR) is 102 cm³/mol. The normalized spacial score (nSPS) is 19.6. The SMILES string of the molecule is O=C(c1ccoc1)N1CCC[C@@H](C(=O)N(Cc2ccc(C(F)(F)F)cc2)C2CC2)C1. The number of piperidine rings is 1. The zero-order chi connectivity index (χ0) is 21.3. The third kappa shape index (κ3) is 4.52. The van der Waals surface area contributed by atoms with Crippen molar-refractivity contribution in [2.45, 2.75) is 44.4 Å². The molecule has 4 rings (SSSR count). The van der Waals surface area contributed by atoms with Crippen LogP contribution in [0.4, 0.5) is 13.2 Å². The first-order chi connectivity index (χ1) is 14.3. The number of carbonyl (C=O) groups is 2. The van der Waals surface area contributed by atoms with Gasteiger partial charge in [-0.2, -0.15) is 13.2 Å². The van der Waals surface area contributed by atoms with Crippen molar-refractivity contribution in [3.63, 3.8) is 0 Å². The molecule has 1 aliphatic heterocycles. The van der Waals surface area contributed by atoms with Gasteiger partial charge in [0.25, 0.3) is 5.91 Å². The summed E-state index contributed by atoms with van der Waals surface area (Å²) in [6.45, 7) is 1.23. The maximum atomic E-state index is 13.3. The molecule has 0 N–H and O–H groups in total. The Kier molecular flexibility index (Phi) is 5.58. The monoisotopic (exact) mass is 420 g/mol. The lowest BCUT2D eigenvalue weighted by atomic mass is 9.95. The van der Waals surface area contributed by atoms with Crippen LogP contribution in [0.3, 0.4) is 0 Å². The number of carbonyl (C=O) groups excluding carboxylic acids is 2. The van der Waals surface area contributed by atoms with Crippen molar-refractivity contribution >= 4 is 11.8 Å². The molecule has 2 aromatic rings. The molecule has 160 valence electrons. The first-order valence-electron chi connectivity index (χ1n) is 10.1. The Bertz CT molecular complexity index is 889. The molecule has 30 heavy (non-hydrogen) atoms. The standard InChI is InChI=1S/C22H23F3N2O3/c23-22(24,25)18-5-3-15(4-6-18)12-27(19-7-8-19)21(29)16-2-1-10-26(13-16)20(28)17-9-11-30-14-17/h3-6,9,11,14,16,19H,1-2,7-8,10,12-13H2/t16-/m1/s1. The molecule has 0 bridgehead atoms. The Morgan fingerprint density at radius 2 is 1.83 bits per heavy atom. The predicted octanol–water partition coefficient (Wildman–Crippen LogP) is 4.34. The van der Waals surface area contributed by atoms with E-state index in [1.807, 2.05) is 0 Å². The van der Waals surface area contributed by atoms with E-state index in [4.69, 9.17) is 4.42 Å². The third-order valence-electron chi connectivity index (χ3n) is 5.73. The number of likely N-dealkylation sites (tertiary alicyclic amines) is 1. The summed E-state index contributed by atoms with van der Waals surface area (Å²) in [5.74, 6) is -0.478. The molecule has 2 aliphatic rings. The molecule has 1 aromatic heterocycles. The molecule has 0 unspecified atom stereocenters. The van der Waals surface area contributed by atoms with E-state index in [0.29, 0.717) is 30.6 Å². The number of hydrogen-bond acceptors (Lipinski definition) is 3. The van der Waals surface area contributed by atoms with Crippen LogP contribution in [0.1, 0.15) is 47.2 Å². The highest BCUT2D eigenvalue weighted by Gasteiger charge is 2.38. The minimum absolute atomic E-state index is 0.0258. The van der Waals surface area contributed by atoms with Crippen molar-refractivity contribution in [3.8, 4) is 0 Å². The van der Waals surface area contributed by atoms with Gasteiger partial charge in [-0.3, -0.25) is 9.59 Å². The second kappa shape index (κ2) is 8.16. The van der Waals surface area contributed by atoms with Crippen LogP contribution < -0.4 is 0 Å². The Hall–Kier alpha value is -2.77. The van der Waals surface area contributed by atoms with Crippen LogP contribution in [-0.4, -0.2) is 40.7 Å². The number of halogens is 3. The van der Waals surface area contributed by atoms with Gasteiger partial charge in [0.1, 0.15) is 6.26 Å². The second-order valence-corrected chi connectivity index (χ2v) is 7.99. The van der Waals surface area contributed by atoms with Gasteiger partial charge >= 0.3 is 6.18 Å². The van der Waals surface area contributed by atoms with Gasteiger partial charge < -0.3 is 14.2 Å². The number of hydrogen-bond donors (Lipinski definition) is 0. The highest BCUT2D eigenvalue weighted by atomic mass is 19.4. The van der Waals surface area contributed by atoms with E-state index in [9.17, 15) is 22.8 Å². The van der Waals surface area contributed by atoms with Gasteiger partial charge in [0.2, 0.25) is 5.91 Å². The largest absolute Gasteiger partial charge is 0.472 e. The van der Waals surface area contributed by atoms with Crippen LogP contribution in [0.5, 0.6) is 0 Å². The van der Waals surface area contributed by atoms with Gasteiger partial charge in [-0.05, 0) is 49.4 Å². The van der Waals surface area contributed by atoms with E-state index in [2.05, 4.69) is 0 Å². The van der Waals surface area contributed by atoms with E-state index in [-0.39, 0.29) is 30.3 Å². The molecule has 1 saturated carbocycles. The van der Waals surface area contributed by atoms with E-state index in [1.165, 1.54) is 24.7 Å². The Balaban J connectivity index is 1.44. The van der Waals surface area contributed by atoms with Gasteiger partial charge in [-0.1, -0.05) is 12.1 Å². The van der Waals surface area contributed by atoms with E-state index < -0.39 is 11.7 Å². The molecular formula is C22H23F3N2O3. The van der Waals surface area contributed by atoms with Crippen LogP contribution in [0.2, 0.25) is 0 Å². The topological polar surface area (TPSA) is 53.8 Å². The average Bonchev–Trinajstić information content (AvgIpc) is 3.43. The van der Waals surface area contributed by atoms with E-state index in [1.54, 1.807) is 15.9 Å². The maximum absolute atomic E-state index is 13.3. The summed E-state index contributed by atoms with van der Waals surface area (Å²) in [5.41, 5.74) is 0.438. The van der Waals surface area contributed by atoms with E-state index >= 15 is 0 Å². The fourth-order valence-electron chi connectivity index (χ4n) is 3.94. The van der Waals surface area contributed by atoms with Gasteiger partial charge in [-0.25, -0.2) is 0 Å². The summed E-state index contributed by atoms with van der Waals surface area (Å²) in [6, 6.07) is 6.70. The Morgan fingerprint density at radius 3 is 2.43 bits per heavy atom. The smallest absolute Gasteiger partial charge is 0.416 e. The maximum Gasteiger partial charge on any atom is 0.416 e. The van der Waals surface area contributed by atoms with Crippen molar-refractivity contribution in [2.75, 3.05) is 13.1 Å². The van der Waals surface area contributed by atoms with Crippen LogP contribution in [0.25, 0.3) is 0 Å². The summed E-state index contributed by atoms with van der Waals surface area (Å²) >= 11 is 0. The minimum Gasteiger partial charge on any atom is -0.472 e. The number of amides is 2. The summed E-state index contributed by atoms with van der Waals surface area (Å²) in [6.07, 6.45) is 1.70. The first-order valence-corrected chi connectivity index (χ1v) is 10.1. The lowest BCUT2D eigenvalue weighted by Gasteiger charge is -2.35. The summed E-state index contributed by atoms with van der Waals surface area (Å²) in [7, 11) is 0. The number of furan rings is 1. The molecule has 8 heteroatoms. The molecule has 1 aliphatic carbocycles. The van der Waals surface area contributed by atoms with Crippen LogP contribution in [0.15, 0.2) is 47.3 Å². The number of rotatable bonds is 5. The molecule has 0 spiro atoms. The average molecular weight is 420 g/mol. The molecule has 0 radical (unpaired) electrons. The lowest BCUT2D eigenvalue weighted by Crippen LogP contribution is -2.47. The number of nitrogens with zero attached hydrogens (tertiary/aromatic N) is 2. The summed E-state index contributed by atoms with van der Waals surface area (Å²) in [4.78, 5) is 29.3. The van der Waals surface area contributed by atoms with Crippen LogP contribution >= 0.6 is 0 Å². The summed E-state index contributed by atoms with van der Waals surface area (Å²) < 4.78 is 43.4. The van der Waals surface area contributed by atoms with Crippen molar-refractivity contribution < 1.29 is 27.2 Å². The molecule has 1 aromatic carbocycles. The first kappa shape index (κ1) is 20.5. The molecule has 2 fully saturated rings. The van der Waals surface area contributed by atoms with Gasteiger partial charge in [-0.15, -0.1) is 0 Å². The van der Waals surface area contributed by atoms with Crippen LogP contribution in [-0.2, 0) is 17.5 Å². The summed E-state index contributed by atoms with van der Waals surface area (Å²) in [5, 5.41) is 0. The lowest BCUT2D eigenvalue weighted by molar-refractivity contribution is -0.139. The molecule has 5 nitrogen and oxygen atoms in total. The highest BCUT2D eigenvalue weighted by molar-refractivity contribution is 5.94. The zero-order valence-corrected chi connectivity index (χ0v) is 16.4. The number of alkyl halides is 3. The van der Waals surface area contributed by atoms with Crippen molar-refractivity contribution in [2.24, 2.45) is 5.92 Å². The molecular weight excluding hydrogens is 397 g/mol. The zero-order valence-electron chi connectivity index (χ0n) is 16.4. The van der Waals surface area contributed by atoms with E-state index in [0.717, 1.165) is 31.4 Å². The fraction of sp³-hybridized carbons (Fsp3) is 0.455. The van der Waals surface area contributed by atoms with Crippen molar-refractivity contribution in [3.05, 3.63) is 59.5 Å². The Labute approximate surface area is 172 Å². The fourth-order valence-corrected chi connectivity index (χ4v) is 3.94. The minimum atomic E-state index is -4.38. The number of benzene rings is 1. The molecule has 1 atom stereocenters.